The maximum absolute atomic E-state index is 15.1. The molecule has 5 heteroatoms. The molecule has 0 heterocycles. The average molecular weight is 575 g/mol. The van der Waals surface area contributed by atoms with Crippen LogP contribution in [-0.4, -0.2) is 0 Å². The highest BCUT2D eigenvalue weighted by atomic mass is 19.2. The Morgan fingerprint density at radius 2 is 1.17 bits per heavy atom. The predicted molar refractivity (Wildman–Crippen MR) is 163 cm³/mol. The van der Waals surface area contributed by atoms with Crippen LogP contribution in [0.15, 0.2) is 97.3 Å². The highest BCUT2D eigenvalue weighted by Gasteiger charge is 2.15. The maximum atomic E-state index is 15.1. The molecule has 4 aromatic rings. The van der Waals surface area contributed by atoms with Crippen LogP contribution in [0.25, 0.3) is 28.1 Å². The van der Waals surface area contributed by atoms with Crippen LogP contribution in [0.4, 0.5) is 22.0 Å². The largest absolute Gasteiger partial charge is 0.209 e. The number of aryl methyl sites for hydroxylation is 2. The van der Waals surface area contributed by atoms with Crippen LogP contribution in [0.5, 0.6) is 0 Å². The standard InChI is InChI=1S/C37H35F5/c1-3-4-5-6-7-8-9-33-35(40)23-31(24-36(33)41)32-21-20-30(22-34(32)39)28-16-12-26(13-17-28)10-11-27-14-18-29(19-15-27)37(42)25(2)38/h3,12-24H,1,4-11H2,2H3/b37-25+. The molecule has 0 spiro atoms. The van der Waals surface area contributed by atoms with Crippen molar-refractivity contribution in [1.29, 1.82) is 0 Å². The molecule has 0 aliphatic carbocycles. The topological polar surface area (TPSA) is 0 Å². The molecule has 0 aliphatic heterocycles. The summed E-state index contributed by atoms with van der Waals surface area (Å²) < 4.78 is 71.5. The van der Waals surface area contributed by atoms with Crippen molar-refractivity contribution in [2.75, 3.05) is 0 Å². The minimum atomic E-state index is -0.852. The number of benzene rings is 4. The van der Waals surface area contributed by atoms with E-state index in [1.165, 1.54) is 18.2 Å². The second-order valence-corrected chi connectivity index (χ2v) is 10.6. The Labute approximate surface area is 245 Å². The van der Waals surface area contributed by atoms with Gasteiger partial charge < -0.3 is 0 Å². The first-order valence-corrected chi connectivity index (χ1v) is 14.4. The van der Waals surface area contributed by atoms with Crippen molar-refractivity contribution >= 4 is 5.83 Å². The summed E-state index contributed by atoms with van der Waals surface area (Å²) in [4.78, 5) is 0. The number of unbranched alkanes of at least 4 members (excludes halogenated alkanes) is 4. The summed E-state index contributed by atoms with van der Waals surface area (Å²) in [5.41, 5.74) is 4.14. The molecule has 0 N–H and O–H groups in total. The average Bonchev–Trinajstić information content (AvgIpc) is 2.99. The molecule has 0 nitrogen and oxygen atoms in total. The molecule has 0 bridgehead atoms. The Balaban J connectivity index is 1.38. The molecule has 0 amide bonds. The van der Waals surface area contributed by atoms with Crippen LogP contribution < -0.4 is 0 Å². The molecule has 42 heavy (non-hydrogen) atoms. The molecule has 0 aromatic heterocycles. The zero-order valence-corrected chi connectivity index (χ0v) is 23.8. The lowest BCUT2D eigenvalue weighted by molar-refractivity contribution is 0.542. The molecule has 0 fully saturated rings. The second-order valence-electron chi connectivity index (χ2n) is 10.6. The minimum Gasteiger partial charge on any atom is -0.209 e. The summed E-state index contributed by atoms with van der Waals surface area (Å²) in [6, 6.07) is 21.6. The smallest absolute Gasteiger partial charge is 0.161 e. The van der Waals surface area contributed by atoms with Gasteiger partial charge in [0.2, 0.25) is 0 Å². The first-order valence-electron chi connectivity index (χ1n) is 14.4. The van der Waals surface area contributed by atoms with Gasteiger partial charge in [-0.3, -0.25) is 0 Å². The van der Waals surface area contributed by atoms with Crippen molar-refractivity contribution < 1.29 is 22.0 Å². The van der Waals surface area contributed by atoms with Gasteiger partial charge >= 0.3 is 0 Å². The van der Waals surface area contributed by atoms with Crippen molar-refractivity contribution in [3.05, 3.63) is 137 Å². The van der Waals surface area contributed by atoms with Crippen LogP contribution in [-0.2, 0) is 19.3 Å². The zero-order valence-electron chi connectivity index (χ0n) is 23.8. The van der Waals surface area contributed by atoms with Crippen LogP contribution in [0.1, 0.15) is 61.3 Å². The summed E-state index contributed by atoms with van der Waals surface area (Å²) in [7, 11) is 0. The number of hydrogen-bond donors (Lipinski definition) is 0. The number of halogens is 5. The third-order valence-electron chi connectivity index (χ3n) is 7.51. The molecule has 0 unspecified atom stereocenters. The highest BCUT2D eigenvalue weighted by Crippen LogP contribution is 2.31. The van der Waals surface area contributed by atoms with E-state index in [1.54, 1.807) is 36.4 Å². The summed E-state index contributed by atoms with van der Waals surface area (Å²) >= 11 is 0. The summed E-state index contributed by atoms with van der Waals surface area (Å²) in [5.74, 6) is -3.54. The van der Waals surface area contributed by atoms with Crippen molar-refractivity contribution in [2.24, 2.45) is 0 Å². The lowest BCUT2D eigenvalue weighted by Crippen LogP contribution is -1.98. The van der Waals surface area contributed by atoms with Gasteiger partial charge in [0, 0.05) is 16.7 Å². The Bertz CT molecular complexity index is 1500. The van der Waals surface area contributed by atoms with Gasteiger partial charge in [0.25, 0.3) is 0 Å². The zero-order chi connectivity index (χ0) is 30.1. The van der Waals surface area contributed by atoms with E-state index >= 15 is 4.39 Å². The van der Waals surface area contributed by atoms with E-state index < -0.39 is 29.1 Å². The molecule has 0 radical (unpaired) electrons. The molecular formula is C37H35F5. The molecule has 218 valence electrons. The van der Waals surface area contributed by atoms with Gasteiger partial charge in [-0.15, -0.1) is 6.58 Å². The normalized spacial score (nSPS) is 11.9. The van der Waals surface area contributed by atoms with E-state index in [0.717, 1.165) is 62.1 Å². The van der Waals surface area contributed by atoms with Gasteiger partial charge in [0.05, 0.1) is 0 Å². The van der Waals surface area contributed by atoms with E-state index in [1.807, 2.05) is 30.3 Å². The van der Waals surface area contributed by atoms with Gasteiger partial charge in [-0.2, -0.15) is 0 Å². The van der Waals surface area contributed by atoms with E-state index in [0.29, 0.717) is 18.4 Å². The number of hydrogen-bond acceptors (Lipinski definition) is 0. The van der Waals surface area contributed by atoms with Gasteiger partial charge in [-0.05, 0) is 91.5 Å². The fourth-order valence-electron chi connectivity index (χ4n) is 5.04. The van der Waals surface area contributed by atoms with E-state index in [4.69, 9.17) is 0 Å². The van der Waals surface area contributed by atoms with E-state index in [9.17, 15) is 17.6 Å². The molecule has 4 rings (SSSR count). The van der Waals surface area contributed by atoms with E-state index in [2.05, 4.69) is 6.58 Å². The van der Waals surface area contributed by atoms with Crippen LogP contribution in [0.3, 0.4) is 0 Å². The van der Waals surface area contributed by atoms with Gasteiger partial charge in [-0.25, -0.2) is 22.0 Å². The molecule has 0 atom stereocenters. The van der Waals surface area contributed by atoms with Crippen molar-refractivity contribution in [3.8, 4) is 22.3 Å². The summed E-state index contributed by atoms with van der Waals surface area (Å²) in [6.45, 7) is 4.78. The third-order valence-corrected chi connectivity index (χ3v) is 7.51. The minimum absolute atomic E-state index is 0.0505. The molecule has 4 aromatic carbocycles. The Morgan fingerprint density at radius 1 is 0.619 bits per heavy atom. The van der Waals surface area contributed by atoms with Crippen molar-refractivity contribution in [3.63, 3.8) is 0 Å². The van der Waals surface area contributed by atoms with Crippen LogP contribution in [0, 0.1) is 17.5 Å². The molecule has 0 saturated carbocycles. The second kappa shape index (κ2) is 14.8. The van der Waals surface area contributed by atoms with Crippen LogP contribution >= 0.6 is 0 Å². The Morgan fingerprint density at radius 3 is 1.74 bits per heavy atom. The monoisotopic (exact) mass is 574 g/mol. The first-order chi connectivity index (χ1) is 20.3. The third kappa shape index (κ3) is 8.06. The summed E-state index contributed by atoms with van der Waals surface area (Å²) in [5, 5.41) is 0. The maximum Gasteiger partial charge on any atom is 0.161 e. The summed E-state index contributed by atoms with van der Waals surface area (Å²) in [6.07, 6.45) is 8.19. The highest BCUT2D eigenvalue weighted by molar-refractivity contribution is 5.71. The first kappa shape index (κ1) is 31.0. The van der Waals surface area contributed by atoms with Crippen molar-refractivity contribution in [1.82, 2.24) is 0 Å². The lowest BCUT2D eigenvalue weighted by Gasteiger charge is -2.11. The fraction of sp³-hybridized carbons (Fsp3) is 0.243. The van der Waals surface area contributed by atoms with Gasteiger partial charge in [0.15, 0.2) is 5.83 Å². The Hall–Kier alpha value is -3.99. The molecular weight excluding hydrogens is 539 g/mol. The predicted octanol–water partition coefficient (Wildman–Crippen LogP) is 11.5. The number of allylic oxidation sites excluding steroid dienone is 2. The van der Waals surface area contributed by atoms with E-state index in [-0.39, 0.29) is 22.3 Å². The number of rotatable bonds is 13. The SMILES string of the molecule is C=CCCCCCCc1c(F)cc(-c2ccc(-c3ccc(CCc4ccc(/C(F)=C(/C)F)cc4)cc3)cc2F)cc1F. The van der Waals surface area contributed by atoms with Crippen molar-refractivity contribution in [2.45, 2.75) is 58.3 Å². The fourth-order valence-corrected chi connectivity index (χ4v) is 5.04. The van der Waals surface area contributed by atoms with Gasteiger partial charge in [0.1, 0.15) is 23.3 Å². The molecule has 0 aliphatic rings. The van der Waals surface area contributed by atoms with Gasteiger partial charge in [-0.1, -0.05) is 79.6 Å². The van der Waals surface area contributed by atoms with Crippen LogP contribution in [0.2, 0.25) is 0 Å². The quantitative estimate of drug-likeness (QED) is 0.0846. The lowest BCUT2D eigenvalue weighted by atomic mass is 9.96. The molecule has 0 saturated heterocycles. The Kier molecular flexibility index (Phi) is 10.9.